The van der Waals surface area contributed by atoms with Crippen LogP contribution in [0.3, 0.4) is 0 Å². The van der Waals surface area contributed by atoms with Gasteiger partial charge in [0, 0.05) is 10.5 Å². The molecule has 1 aromatic rings. The van der Waals surface area contributed by atoms with Gasteiger partial charge in [0.25, 0.3) is 5.91 Å². The number of carbonyl (C=O) groups excluding carboxylic acids is 1. The predicted octanol–water partition coefficient (Wildman–Crippen LogP) is 4.05. The van der Waals surface area contributed by atoms with Gasteiger partial charge >= 0.3 is 0 Å². The van der Waals surface area contributed by atoms with Crippen molar-refractivity contribution in [1.82, 2.24) is 5.32 Å². The molecule has 0 saturated heterocycles. The average molecular weight is 347 g/mol. The summed E-state index contributed by atoms with van der Waals surface area (Å²) in [5.41, 5.74) is 1.01. The monoisotopic (exact) mass is 346 g/mol. The maximum Gasteiger partial charge on any atom is 0.262 e. The largest absolute Gasteiger partial charge is 0.348 e. The van der Waals surface area contributed by atoms with E-state index in [4.69, 9.17) is 0 Å². The van der Waals surface area contributed by atoms with Gasteiger partial charge in [-0.3, -0.25) is 4.79 Å². The predicted molar refractivity (Wildman–Crippen MR) is 87.3 cm³/mol. The molecule has 2 atom stereocenters. The molecule has 21 heavy (non-hydrogen) atoms. The maximum atomic E-state index is 12.2. The Morgan fingerprint density at radius 2 is 2.00 bits per heavy atom. The van der Waals surface area contributed by atoms with E-state index in [1.165, 1.54) is 6.42 Å². The van der Waals surface area contributed by atoms with E-state index in [2.05, 4.69) is 28.2 Å². The summed E-state index contributed by atoms with van der Waals surface area (Å²) < 4.78 is 0.971. The molecule has 0 aromatic heterocycles. The standard InChI is InChI=1S/C17H19BrN2O/c1-12-4-2-3-5-16(12)20-17(21)14(11-19)10-13-6-8-15(18)9-7-13/h6-10,12,16H,2-5H2,1H3,(H,20,21)/b14-10+/t12-,16-/m0/s1. The van der Waals surface area contributed by atoms with Gasteiger partial charge in [-0.15, -0.1) is 0 Å². The Morgan fingerprint density at radius 1 is 1.33 bits per heavy atom. The van der Waals surface area contributed by atoms with Gasteiger partial charge in [-0.2, -0.15) is 5.26 Å². The quantitative estimate of drug-likeness (QED) is 0.662. The zero-order chi connectivity index (χ0) is 15.2. The molecule has 1 N–H and O–H groups in total. The molecule has 1 aliphatic carbocycles. The summed E-state index contributed by atoms with van der Waals surface area (Å²) in [4.78, 5) is 12.2. The third-order valence-electron chi connectivity index (χ3n) is 3.97. The molecule has 2 rings (SSSR count). The number of halogens is 1. The molecule has 1 amide bonds. The number of nitriles is 1. The van der Waals surface area contributed by atoms with Crippen LogP contribution in [0, 0.1) is 17.2 Å². The van der Waals surface area contributed by atoms with Crippen LogP contribution in [0.15, 0.2) is 34.3 Å². The Labute approximate surface area is 134 Å². The lowest BCUT2D eigenvalue weighted by Crippen LogP contribution is -2.41. The molecule has 1 saturated carbocycles. The number of nitrogens with one attached hydrogen (secondary N) is 1. The highest BCUT2D eigenvalue weighted by Gasteiger charge is 2.23. The highest BCUT2D eigenvalue weighted by atomic mass is 79.9. The molecule has 0 bridgehead atoms. The number of benzene rings is 1. The van der Waals surface area contributed by atoms with Crippen molar-refractivity contribution in [2.24, 2.45) is 5.92 Å². The molecular weight excluding hydrogens is 328 g/mol. The molecule has 0 unspecified atom stereocenters. The fourth-order valence-corrected chi connectivity index (χ4v) is 2.92. The Balaban J connectivity index is 2.08. The normalized spacial score (nSPS) is 22.4. The molecular formula is C17H19BrN2O. The van der Waals surface area contributed by atoms with E-state index in [9.17, 15) is 10.1 Å². The number of carbonyl (C=O) groups is 1. The Kier molecular flexibility index (Phi) is 5.58. The van der Waals surface area contributed by atoms with Gasteiger partial charge in [0.2, 0.25) is 0 Å². The SMILES string of the molecule is C[C@H]1CCCC[C@@H]1NC(=O)/C(C#N)=C/c1ccc(Br)cc1. The van der Waals surface area contributed by atoms with E-state index in [0.717, 1.165) is 29.3 Å². The van der Waals surface area contributed by atoms with Crippen LogP contribution >= 0.6 is 15.9 Å². The first-order valence-electron chi connectivity index (χ1n) is 7.28. The smallest absolute Gasteiger partial charge is 0.262 e. The fraction of sp³-hybridized carbons (Fsp3) is 0.412. The first-order chi connectivity index (χ1) is 10.1. The third-order valence-corrected chi connectivity index (χ3v) is 4.50. The number of hydrogen-bond donors (Lipinski definition) is 1. The van der Waals surface area contributed by atoms with Crippen LogP contribution in [-0.4, -0.2) is 11.9 Å². The number of nitrogens with zero attached hydrogens (tertiary/aromatic N) is 1. The van der Waals surface area contributed by atoms with Crippen molar-refractivity contribution in [2.75, 3.05) is 0 Å². The molecule has 110 valence electrons. The first-order valence-corrected chi connectivity index (χ1v) is 8.07. The van der Waals surface area contributed by atoms with Crippen molar-refractivity contribution in [3.63, 3.8) is 0 Å². The van der Waals surface area contributed by atoms with E-state index in [0.29, 0.717) is 5.92 Å². The van der Waals surface area contributed by atoms with Crippen molar-refractivity contribution in [1.29, 1.82) is 5.26 Å². The number of amides is 1. The van der Waals surface area contributed by atoms with Crippen LogP contribution in [0.4, 0.5) is 0 Å². The summed E-state index contributed by atoms with van der Waals surface area (Å²) in [5.74, 6) is 0.217. The second-order valence-corrected chi connectivity index (χ2v) is 6.48. The summed E-state index contributed by atoms with van der Waals surface area (Å²) in [6, 6.07) is 9.72. The highest BCUT2D eigenvalue weighted by molar-refractivity contribution is 9.10. The first kappa shape index (κ1) is 15.8. The average Bonchev–Trinajstić information content (AvgIpc) is 2.49. The minimum atomic E-state index is -0.265. The Hall–Kier alpha value is -1.60. The topological polar surface area (TPSA) is 52.9 Å². The molecule has 3 nitrogen and oxygen atoms in total. The second kappa shape index (κ2) is 7.42. The van der Waals surface area contributed by atoms with Crippen molar-refractivity contribution in [3.05, 3.63) is 39.9 Å². The van der Waals surface area contributed by atoms with Gasteiger partial charge in [-0.1, -0.05) is 47.8 Å². The lowest BCUT2D eigenvalue weighted by molar-refractivity contribution is -0.118. The third kappa shape index (κ3) is 4.44. The van der Waals surface area contributed by atoms with E-state index in [1.807, 2.05) is 30.3 Å². The minimum Gasteiger partial charge on any atom is -0.348 e. The van der Waals surface area contributed by atoms with Crippen LogP contribution in [0.5, 0.6) is 0 Å². The van der Waals surface area contributed by atoms with Gasteiger partial charge in [0.1, 0.15) is 11.6 Å². The summed E-state index contributed by atoms with van der Waals surface area (Å²) in [6.45, 7) is 2.16. The summed E-state index contributed by atoms with van der Waals surface area (Å²) in [7, 11) is 0. The fourth-order valence-electron chi connectivity index (χ4n) is 2.65. The molecule has 0 spiro atoms. The van der Waals surface area contributed by atoms with Crippen LogP contribution in [0.25, 0.3) is 6.08 Å². The maximum absolute atomic E-state index is 12.2. The molecule has 4 heteroatoms. The highest BCUT2D eigenvalue weighted by Crippen LogP contribution is 2.24. The van der Waals surface area contributed by atoms with Gasteiger partial charge in [-0.05, 0) is 42.5 Å². The van der Waals surface area contributed by atoms with Crippen molar-refractivity contribution in [3.8, 4) is 6.07 Å². The number of rotatable bonds is 3. The van der Waals surface area contributed by atoms with E-state index >= 15 is 0 Å². The lowest BCUT2D eigenvalue weighted by atomic mass is 9.86. The van der Waals surface area contributed by atoms with Crippen LogP contribution in [0.1, 0.15) is 38.2 Å². The van der Waals surface area contributed by atoms with E-state index in [-0.39, 0.29) is 17.5 Å². The molecule has 0 aliphatic heterocycles. The van der Waals surface area contributed by atoms with Gasteiger partial charge in [0.05, 0.1) is 0 Å². The van der Waals surface area contributed by atoms with Crippen molar-refractivity contribution < 1.29 is 4.79 Å². The Bertz CT molecular complexity index is 571. The second-order valence-electron chi connectivity index (χ2n) is 5.56. The molecule has 0 heterocycles. The molecule has 1 fully saturated rings. The van der Waals surface area contributed by atoms with Crippen LogP contribution in [-0.2, 0) is 4.79 Å². The zero-order valence-electron chi connectivity index (χ0n) is 12.1. The van der Waals surface area contributed by atoms with Gasteiger partial charge in [-0.25, -0.2) is 0 Å². The zero-order valence-corrected chi connectivity index (χ0v) is 13.7. The van der Waals surface area contributed by atoms with Crippen LogP contribution in [0.2, 0.25) is 0 Å². The molecule has 0 radical (unpaired) electrons. The van der Waals surface area contributed by atoms with Gasteiger partial charge in [0.15, 0.2) is 0 Å². The number of hydrogen-bond acceptors (Lipinski definition) is 2. The van der Waals surface area contributed by atoms with E-state index in [1.54, 1.807) is 6.08 Å². The van der Waals surface area contributed by atoms with Crippen molar-refractivity contribution in [2.45, 2.75) is 38.6 Å². The van der Waals surface area contributed by atoms with Gasteiger partial charge < -0.3 is 5.32 Å². The van der Waals surface area contributed by atoms with Crippen molar-refractivity contribution >= 4 is 27.9 Å². The summed E-state index contributed by atoms with van der Waals surface area (Å²) >= 11 is 3.37. The van der Waals surface area contributed by atoms with E-state index < -0.39 is 0 Å². The molecule has 1 aromatic carbocycles. The summed E-state index contributed by atoms with van der Waals surface area (Å²) in [5, 5.41) is 12.2. The summed E-state index contributed by atoms with van der Waals surface area (Å²) in [6.07, 6.45) is 6.16. The van der Waals surface area contributed by atoms with Crippen LogP contribution < -0.4 is 5.32 Å². The minimum absolute atomic E-state index is 0.162. The lowest BCUT2D eigenvalue weighted by Gasteiger charge is -2.29. The molecule has 1 aliphatic rings. The Morgan fingerprint density at radius 3 is 2.62 bits per heavy atom.